The summed E-state index contributed by atoms with van der Waals surface area (Å²) in [5, 5.41) is 28.7. The van der Waals surface area contributed by atoms with Crippen LogP contribution in [0.1, 0.15) is 24.8 Å². The highest BCUT2D eigenvalue weighted by Crippen LogP contribution is 2.29. The molecule has 0 bridgehead atoms. The zero-order valence-corrected chi connectivity index (χ0v) is 11.4. The summed E-state index contributed by atoms with van der Waals surface area (Å²) in [5.74, 6) is -0.635. The number of anilines is 1. The summed E-state index contributed by atoms with van der Waals surface area (Å²) in [4.78, 5) is 22.9. The van der Waals surface area contributed by atoms with Crippen molar-refractivity contribution in [1.82, 2.24) is 0 Å². The highest BCUT2D eigenvalue weighted by atomic mass is 16.6. The lowest BCUT2D eigenvalue weighted by Crippen LogP contribution is -2.34. The molecule has 0 aliphatic carbocycles. The molecule has 0 radical (unpaired) electrons. The summed E-state index contributed by atoms with van der Waals surface area (Å²) < 4.78 is 0. The van der Waals surface area contributed by atoms with Crippen LogP contribution in [0.4, 0.5) is 11.4 Å². The van der Waals surface area contributed by atoms with Gasteiger partial charge in [-0.05, 0) is 24.8 Å². The van der Waals surface area contributed by atoms with Crippen LogP contribution in [0.3, 0.4) is 0 Å². The number of carbonyl (C=O) groups is 1. The van der Waals surface area contributed by atoms with Crippen LogP contribution in [0.2, 0.25) is 0 Å². The number of benzene rings is 1. The van der Waals surface area contributed by atoms with Crippen molar-refractivity contribution in [3.8, 4) is 6.07 Å². The predicted molar refractivity (Wildman–Crippen MR) is 75.0 cm³/mol. The van der Waals surface area contributed by atoms with Gasteiger partial charge in [-0.2, -0.15) is 5.26 Å². The third-order valence-electron chi connectivity index (χ3n) is 3.73. The second-order valence-electron chi connectivity index (χ2n) is 5.10. The molecule has 110 valence electrons. The van der Waals surface area contributed by atoms with Crippen LogP contribution in [0, 0.1) is 27.4 Å². The molecular weight excluding hydrogens is 274 g/mol. The summed E-state index contributed by atoms with van der Waals surface area (Å²) in [6, 6.07) is 6.25. The molecule has 0 spiro atoms. The Labute approximate surface area is 121 Å². The van der Waals surface area contributed by atoms with Gasteiger partial charge in [0.2, 0.25) is 0 Å². The molecule has 1 aliphatic rings. The normalized spacial score (nSPS) is 15.5. The second kappa shape index (κ2) is 6.22. The van der Waals surface area contributed by atoms with Gasteiger partial charge in [0.05, 0.1) is 16.2 Å². The number of piperidine rings is 1. The number of non-ortho nitro benzene ring substituents is 1. The van der Waals surface area contributed by atoms with Crippen LogP contribution in [0.5, 0.6) is 0 Å². The summed E-state index contributed by atoms with van der Waals surface area (Å²) in [6.07, 6.45) is 1.65. The Balaban J connectivity index is 2.12. The number of nitrogens with zero attached hydrogens (tertiary/aromatic N) is 3. The average molecular weight is 289 g/mol. The average Bonchev–Trinajstić information content (AvgIpc) is 2.46. The van der Waals surface area contributed by atoms with Crippen LogP contribution in [-0.2, 0) is 4.79 Å². The fourth-order valence-corrected chi connectivity index (χ4v) is 2.63. The minimum Gasteiger partial charge on any atom is -0.481 e. The topological polar surface area (TPSA) is 107 Å². The number of nitro groups is 1. The van der Waals surface area contributed by atoms with Gasteiger partial charge in [0, 0.05) is 31.6 Å². The van der Waals surface area contributed by atoms with Crippen molar-refractivity contribution in [1.29, 1.82) is 5.26 Å². The second-order valence-corrected chi connectivity index (χ2v) is 5.10. The zero-order chi connectivity index (χ0) is 15.4. The molecule has 1 N–H and O–H groups in total. The Morgan fingerprint density at radius 1 is 1.48 bits per heavy atom. The molecule has 0 unspecified atom stereocenters. The first-order valence-corrected chi connectivity index (χ1v) is 6.66. The Morgan fingerprint density at radius 3 is 2.67 bits per heavy atom. The van der Waals surface area contributed by atoms with Crippen molar-refractivity contribution in [2.75, 3.05) is 18.0 Å². The van der Waals surface area contributed by atoms with Crippen molar-refractivity contribution in [3.05, 3.63) is 33.9 Å². The smallest absolute Gasteiger partial charge is 0.303 e. The molecule has 0 saturated carbocycles. The van der Waals surface area contributed by atoms with E-state index in [1.54, 1.807) is 6.07 Å². The minimum atomic E-state index is -0.790. The van der Waals surface area contributed by atoms with E-state index in [0.717, 1.165) is 12.8 Å². The van der Waals surface area contributed by atoms with Crippen LogP contribution in [0.25, 0.3) is 0 Å². The van der Waals surface area contributed by atoms with E-state index >= 15 is 0 Å². The molecule has 1 heterocycles. The van der Waals surface area contributed by atoms with Gasteiger partial charge < -0.3 is 10.0 Å². The fourth-order valence-electron chi connectivity index (χ4n) is 2.63. The number of rotatable bonds is 4. The first kappa shape index (κ1) is 14.8. The lowest BCUT2D eigenvalue weighted by atomic mass is 9.93. The SMILES string of the molecule is N#Cc1cc([N+](=O)[O-])ccc1N1CCC(CC(=O)O)CC1. The maximum Gasteiger partial charge on any atom is 0.303 e. The first-order chi connectivity index (χ1) is 10.0. The highest BCUT2D eigenvalue weighted by Gasteiger charge is 2.23. The van der Waals surface area contributed by atoms with E-state index in [1.165, 1.54) is 12.1 Å². The van der Waals surface area contributed by atoms with Crippen LogP contribution >= 0.6 is 0 Å². The van der Waals surface area contributed by atoms with Gasteiger partial charge in [-0.3, -0.25) is 14.9 Å². The number of hydrogen-bond acceptors (Lipinski definition) is 5. The Morgan fingerprint density at radius 2 is 2.14 bits per heavy atom. The zero-order valence-electron chi connectivity index (χ0n) is 11.4. The molecule has 21 heavy (non-hydrogen) atoms. The largest absolute Gasteiger partial charge is 0.481 e. The van der Waals surface area contributed by atoms with Crippen molar-refractivity contribution in [2.24, 2.45) is 5.92 Å². The van der Waals surface area contributed by atoms with E-state index in [4.69, 9.17) is 10.4 Å². The third kappa shape index (κ3) is 3.48. The maximum absolute atomic E-state index is 10.7. The number of aliphatic carboxylic acids is 1. The molecule has 1 aromatic carbocycles. The third-order valence-corrected chi connectivity index (χ3v) is 3.73. The first-order valence-electron chi connectivity index (χ1n) is 6.66. The van der Waals surface area contributed by atoms with Gasteiger partial charge in [-0.15, -0.1) is 0 Å². The summed E-state index contributed by atoms with van der Waals surface area (Å²) in [7, 11) is 0. The summed E-state index contributed by atoms with van der Waals surface area (Å²) in [5.41, 5.74) is 0.855. The van der Waals surface area contributed by atoms with Gasteiger partial charge in [-0.1, -0.05) is 0 Å². The van der Waals surface area contributed by atoms with Crippen LogP contribution in [-0.4, -0.2) is 29.1 Å². The Bertz CT molecular complexity index is 601. The van der Waals surface area contributed by atoms with Crippen LogP contribution < -0.4 is 4.90 Å². The quantitative estimate of drug-likeness (QED) is 0.672. The van der Waals surface area contributed by atoms with E-state index in [1.807, 2.05) is 11.0 Å². The number of carboxylic acid groups (broad SMARTS) is 1. The molecule has 1 aliphatic heterocycles. The van der Waals surface area contributed by atoms with Gasteiger partial charge in [0.25, 0.3) is 5.69 Å². The maximum atomic E-state index is 10.7. The fraction of sp³-hybridized carbons (Fsp3) is 0.429. The lowest BCUT2D eigenvalue weighted by Gasteiger charge is -2.33. The van der Waals surface area contributed by atoms with E-state index in [2.05, 4.69) is 0 Å². The molecule has 0 amide bonds. The monoisotopic (exact) mass is 289 g/mol. The Hall–Kier alpha value is -2.62. The molecular formula is C14H15N3O4. The molecule has 1 aromatic rings. The van der Waals surface area contributed by atoms with Crippen molar-refractivity contribution in [2.45, 2.75) is 19.3 Å². The summed E-state index contributed by atoms with van der Waals surface area (Å²) >= 11 is 0. The summed E-state index contributed by atoms with van der Waals surface area (Å²) in [6.45, 7) is 1.31. The minimum absolute atomic E-state index is 0.101. The van der Waals surface area contributed by atoms with Crippen molar-refractivity contribution < 1.29 is 14.8 Å². The van der Waals surface area contributed by atoms with Gasteiger partial charge in [0.1, 0.15) is 6.07 Å². The van der Waals surface area contributed by atoms with E-state index in [9.17, 15) is 14.9 Å². The van der Waals surface area contributed by atoms with Crippen LogP contribution in [0.15, 0.2) is 18.2 Å². The van der Waals surface area contributed by atoms with Gasteiger partial charge in [0.15, 0.2) is 0 Å². The molecule has 1 fully saturated rings. The standard InChI is InChI=1S/C14H15N3O4/c15-9-11-8-12(17(20)21)1-2-13(11)16-5-3-10(4-6-16)7-14(18)19/h1-2,8,10H,3-7H2,(H,18,19). The number of carboxylic acids is 1. The Kier molecular flexibility index (Phi) is 4.38. The molecule has 7 nitrogen and oxygen atoms in total. The molecule has 0 atom stereocenters. The van der Waals surface area contributed by atoms with Crippen molar-refractivity contribution in [3.63, 3.8) is 0 Å². The van der Waals surface area contributed by atoms with Gasteiger partial charge in [-0.25, -0.2) is 0 Å². The number of hydrogen-bond donors (Lipinski definition) is 1. The van der Waals surface area contributed by atoms with E-state index < -0.39 is 10.9 Å². The molecule has 1 saturated heterocycles. The number of nitriles is 1. The molecule has 7 heteroatoms. The predicted octanol–water partition coefficient (Wildman–Crippen LogP) is 2.16. The van der Waals surface area contributed by atoms with Crippen molar-refractivity contribution >= 4 is 17.3 Å². The molecule has 0 aromatic heterocycles. The lowest BCUT2D eigenvalue weighted by molar-refractivity contribution is -0.384. The molecule has 2 rings (SSSR count). The number of nitro benzene ring substituents is 1. The van der Waals surface area contributed by atoms with E-state index in [-0.39, 0.29) is 23.6 Å². The highest BCUT2D eigenvalue weighted by molar-refractivity contribution is 5.67. The van der Waals surface area contributed by atoms with E-state index in [0.29, 0.717) is 18.8 Å². The van der Waals surface area contributed by atoms with Gasteiger partial charge >= 0.3 is 5.97 Å².